The molecule has 0 atom stereocenters. The molecule has 0 aliphatic carbocycles. The van der Waals surface area contributed by atoms with Crippen molar-refractivity contribution in [2.24, 2.45) is 0 Å². The molecule has 6 nitrogen and oxygen atoms in total. The number of ether oxygens (including phenoxy) is 2. The van der Waals surface area contributed by atoms with Gasteiger partial charge < -0.3 is 15.2 Å². The van der Waals surface area contributed by atoms with Crippen molar-refractivity contribution >= 4 is 12.0 Å². The van der Waals surface area contributed by atoms with Crippen LogP contribution in [0.4, 0.5) is 5.95 Å². The first-order chi connectivity index (χ1) is 10.3. The van der Waals surface area contributed by atoms with Gasteiger partial charge in [-0.1, -0.05) is 43.3 Å². The summed E-state index contributed by atoms with van der Waals surface area (Å²) in [4.78, 5) is 11.8. The maximum absolute atomic E-state index is 5.59. The normalized spacial score (nSPS) is 10.7. The summed E-state index contributed by atoms with van der Waals surface area (Å²) >= 11 is 0. The molecule has 0 aliphatic heterocycles. The number of hydrogen-bond donors (Lipinski definition) is 1. The number of benzene rings is 1. The van der Waals surface area contributed by atoms with Crippen LogP contribution in [0.2, 0.25) is 0 Å². The lowest BCUT2D eigenvalue weighted by molar-refractivity contribution is 0.275. The molecule has 2 N–H and O–H groups in total. The summed E-state index contributed by atoms with van der Waals surface area (Å²) in [5.41, 5.74) is 6.69. The molecule has 110 valence electrons. The Balaban J connectivity index is 1.90. The zero-order chi connectivity index (χ0) is 14.9. The number of rotatable bonds is 7. The van der Waals surface area contributed by atoms with Crippen molar-refractivity contribution in [2.45, 2.75) is 13.3 Å². The van der Waals surface area contributed by atoms with Gasteiger partial charge in [0.25, 0.3) is 0 Å². The summed E-state index contributed by atoms with van der Waals surface area (Å²) in [6, 6.07) is 10.3. The van der Waals surface area contributed by atoms with E-state index >= 15 is 0 Å². The van der Waals surface area contributed by atoms with Crippen molar-refractivity contribution in [1.82, 2.24) is 15.0 Å². The molecule has 2 rings (SSSR count). The van der Waals surface area contributed by atoms with Crippen LogP contribution in [0.25, 0.3) is 6.08 Å². The fraction of sp³-hybridized carbons (Fsp3) is 0.267. The molecule has 1 aromatic carbocycles. The number of nitrogen functional groups attached to an aromatic ring is 1. The SMILES string of the molecule is CCCOc1nc(N)nc(OC/C=C/c2ccccc2)n1. The Labute approximate surface area is 123 Å². The van der Waals surface area contributed by atoms with Crippen LogP contribution in [0.1, 0.15) is 18.9 Å². The number of hydrogen-bond acceptors (Lipinski definition) is 6. The first kappa shape index (κ1) is 14.8. The summed E-state index contributed by atoms with van der Waals surface area (Å²) < 4.78 is 10.7. The van der Waals surface area contributed by atoms with Crippen molar-refractivity contribution in [3.05, 3.63) is 42.0 Å². The molecule has 1 aromatic heterocycles. The second-order valence-electron chi connectivity index (χ2n) is 4.23. The highest BCUT2D eigenvalue weighted by Crippen LogP contribution is 2.11. The molecule has 0 spiro atoms. The van der Waals surface area contributed by atoms with E-state index in [1.54, 1.807) is 0 Å². The lowest BCUT2D eigenvalue weighted by atomic mass is 10.2. The van der Waals surface area contributed by atoms with Crippen LogP contribution < -0.4 is 15.2 Å². The fourth-order valence-corrected chi connectivity index (χ4v) is 1.55. The van der Waals surface area contributed by atoms with Gasteiger partial charge in [0.05, 0.1) is 6.61 Å². The van der Waals surface area contributed by atoms with Crippen molar-refractivity contribution < 1.29 is 9.47 Å². The van der Waals surface area contributed by atoms with Gasteiger partial charge in [-0.05, 0) is 18.1 Å². The van der Waals surface area contributed by atoms with E-state index in [9.17, 15) is 0 Å². The summed E-state index contributed by atoms with van der Waals surface area (Å²) in [6.07, 6.45) is 4.70. The molecule has 6 heteroatoms. The van der Waals surface area contributed by atoms with Crippen LogP contribution in [0, 0.1) is 0 Å². The van der Waals surface area contributed by atoms with Gasteiger partial charge in [0.15, 0.2) is 0 Å². The van der Waals surface area contributed by atoms with Crippen LogP contribution in [0.5, 0.6) is 12.0 Å². The molecule has 0 radical (unpaired) electrons. The highest BCUT2D eigenvalue weighted by atomic mass is 16.5. The Morgan fingerprint density at radius 2 is 1.76 bits per heavy atom. The van der Waals surface area contributed by atoms with E-state index < -0.39 is 0 Å². The molecule has 0 saturated heterocycles. The molecule has 1 heterocycles. The predicted octanol–water partition coefficient (Wildman–Crippen LogP) is 2.33. The van der Waals surface area contributed by atoms with Gasteiger partial charge in [0.2, 0.25) is 5.95 Å². The minimum absolute atomic E-state index is 0.0816. The second-order valence-corrected chi connectivity index (χ2v) is 4.23. The molecular formula is C15H18N4O2. The maximum atomic E-state index is 5.59. The molecule has 0 fully saturated rings. The Morgan fingerprint density at radius 1 is 1.05 bits per heavy atom. The standard InChI is InChI=1S/C15H18N4O2/c1-2-10-20-14-17-13(16)18-15(19-14)21-11-6-9-12-7-4-3-5-8-12/h3-9H,2,10-11H2,1H3,(H2,16,17,18,19)/b9-6+. The lowest BCUT2D eigenvalue weighted by Crippen LogP contribution is -2.07. The van der Waals surface area contributed by atoms with Gasteiger partial charge in [0, 0.05) is 0 Å². The Kier molecular flexibility index (Phi) is 5.51. The minimum Gasteiger partial charge on any atom is -0.463 e. The van der Waals surface area contributed by atoms with Gasteiger partial charge in [-0.3, -0.25) is 0 Å². The maximum Gasteiger partial charge on any atom is 0.324 e. The smallest absolute Gasteiger partial charge is 0.324 e. The Morgan fingerprint density at radius 3 is 2.48 bits per heavy atom. The van der Waals surface area contributed by atoms with Gasteiger partial charge in [-0.25, -0.2) is 0 Å². The third-order valence-corrected chi connectivity index (χ3v) is 2.47. The fourth-order valence-electron chi connectivity index (χ4n) is 1.55. The Hall–Kier alpha value is -2.63. The minimum atomic E-state index is 0.0816. The van der Waals surface area contributed by atoms with Crippen molar-refractivity contribution in [3.63, 3.8) is 0 Å². The van der Waals surface area contributed by atoms with Crippen LogP contribution in [0.3, 0.4) is 0 Å². The topological polar surface area (TPSA) is 83.2 Å². The van der Waals surface area contributed by atoms with Gasteiger partial charge in [-0.2, -0.15) is 9.97 Å². The van der Waals surface area contributed by atoms with Gasteiger partial charge >= 0.3 is 12.0 Å². The number of nitrogens with two attached hydrogens (primary N) is 1. The van der Waals surface area contributed by atoms with Crippen LogP contribution in [0.15, 0.2) is 36.4 Å². The summed E-state index contributed by atoms with van der Waals surface area (Å²) in [6.45, 7) is 2.86. The highest BCUT2D eigenvalue weighted by Gasteiger charge is 2.05. The lowest BCUT2D eigenvalue weighted by Gasteiger charge is -2.05. The van der Waals surface area contributed by atoms with E-state index in [0.29, 0.717) is 13.2 Å². The van der Waals surface area contributed by atoms with Crippen LogP contribution in [-0.2, 0) is 0 Å². The largest absolute Gasteiger partial charge is 0.463 e. The van der Waals surface area contributed by atoms with E-state index in [1.165, 1.54) is 0 Å². The first-order valence-corrected chi connectivity index (χ1v) is 6.76. The average Bonchev–Trinajstić information content (AvgIpc) is 2.50. The number of aromatic nitrogens is 3. The van der Waals surface area contributed by atoms with Gasteiger partial charge in [-0.15, -0.1) is 4.98 Å². The van der Waals surface area contributed by atoms with Gasteiger partial charge in [0.1, 0.15) is 6.61 Å². The first-order valence-electron chi connectivity index (χ1n) is 6.76. The van der Waals surface area contributed by atoms with E-state index in [2.05, 4.69) is 15.0 Å². The number of nitrogens with zero attached hydrogens (tertiary/aromatic N) is 3. The second kappa shape index (κ2) is 7.84. The predicted molar refractivity (Wildman–Crippen MR) is 81.0 cm³/mol. The van der Waals surface area contributed by atoms with E-state index in [0.717, 1.165) is 12.0 Å². The Bertz CT molecular complexity index is 587. The van der Waals surface area contributed by atoms with Crippen molar-refractivity contribution in [3.8, 4) is 12.0 Å². The van der Waals surface area contributed by atoms with E-state index in [-0.39, 0.29) is 18.0 Å². The molecule has 21 heavy (non-hydrogen) atoms. The highest BCUT2D eigenvalue weighted by molar-refractivity contribution is 5.48. The third kappa shape index (κ3) is 5.10. The third-order valence-electron chi connectivity index (χ3n) is 2.47. The monoisotopic (exact) mass is 286 g/mol. The van der Waals surface area contributed by atoms with Crippen molar-refractivity contribution in [2.75, 3.05) is 18.9 Å². The quantitative estimate of drug-likeness (QED) is 0.841. The van der Waals surface area contributed by atoms with Crippen LogP contribution in [-0.4, -0.2) is 28.2 Å². The molecule has 0 aliphatic rings. The summed E-state index contributed by atoms with van der Waals surface area (Å²) in [7, 11) is 0. The van der Waals surface area contributed by atoms with E-state index in [1.807, 2.05) is 49.4 Å². The molecule has 0 saturated carbocycles. The zero-order valence-corrected chi connectivity index (χ0v) is 11.9. The molecule has 0 unspecified atom stereocenters. The molecule has 2 aromatic rings. The van der Waals surface area contributed by atoms with Crippen LogP contribution >= 0.6 is 0 Å². The number of anilines is 1. The summed E-state index contributed by atoms with van der Waals surface area (Å²) in [5, 5.41) is 0. The molecular weight excluding hydrogens is 268 g/mol. The average molecular weight is 286 g/mol. The van der Waals surface area contributed by atoms with Crippen molar-refractivity contribution in [1.29, 1.82) is 0 Å². The molecule has 0 amide bonds. The summed E-state index contributed by atoms with van der Waals surface area (Å²) in [5.74, 6) is 0.0816. The van der Waals surface area contributed by atoms with E-state index in [4.69, 9.17) is 15.2 Å². The molecule has 0 bridgehead atoms. The zero-order valence-electron chi connectivity index (χ0n) is 11.9.